The fraction of sp³-hybridized carbons (Fsp3) is 0.304. The van der Waals surface area contributed by atoms with Crippen LogP contribution < -0.4 is 20.5 Å². The molecule has 1 amide bonds. The van der Waals surface area contributed by atoms with Gasteiger partial charge in [0.05, 0.1) is 25.3 Å². The largest absolute Gasteiger partial charge is 0.497 e. The molecule has 2 aromatic carbocycles. The Bertz CT molecular complexity index is 1180. The Morgan fingerprint density at radius 3 is 2.55 bits per heavy atom. The lowest BCUT2D eigenvalue weighted by atomic mass is 10.1. The molecule has 0 aliphatic carbocycles. The van der Waals surface area contributed by atoms with Crippen LogP contribution in [0.15, 0.2) is 52.4 Å². The zero-order valence-corrected chi connectivity index (χ0v) is 18.1. The number of methoxy groups -OCH3 is 2. The van der Waals surface area contributed by atoms with Gasteiger partial charge in [-0.1, -0.05) is 31.5 Å². The van der Waals surface area contributed by atoms with Crippen LogP contribution >= 0.6 is 0 Å². The Kier molecular flexibility index (Phi) is 7.02. The molecule has 31 heavy (non-hydrogen) atoms. The van der Waals surface area contributed by atoms with Gasteiger partial charge in [0.2, 0.25) is 0 Å². The second kappa shape index (κ2) is 9.88. The molecule has 3 aromatic rings. The Hall–Kier alpha value is -3.68. The molecule has 0 fully saturated rings. The van der Waals surface area contributed by atoms with Crippen LogP contribution in [0.4, 0.5) is 0 Å². The highest BCUT2D eigenvalue weighted by atomic mass is 16.5. The minimum Gasteiger partial charge on any atom is -0.497 e. The zero-order chi connectivity index (χ0) is 22.4. The van der Waals surface area contributed by atoms with Crippen molar-refractivity contribution in [3.8, 4) is 11.5 Å². The molecule has 0 spiro atoms. The van der Waals surface area contributed by atoms with E-state index in [0.717, 1.165) is 12.8 Å². The predicted molar refractivity (Wildman–Crippen MR) is 120 cm³/mol. The molecule has 0 bridgehead atoms. The topological polar surface area (TPSA) is 94.8 Å². The van der Waals surface area contributed by atoms with E-state index < -0.39 is 5.91 Å². The molecule has 162 valence electrons. The van der Waals surface area contributed by atoms with E-state index in [1.165, 1.54) is 4.68 Å². The fourth-order valence-electron chi connectivity index (χ4n) is 3.21. The van der Waals surface area contributed by atoms with Gasteiger partial charge in [-0.15, -0.1) is 0 Å². The molecule has 3 rings (SSSR count). The van der Waals surface area contributed by atoms with Gasteiger partial charge in [0.25, 0.3) is 11.5 Å². The Labute approximate surface area is 180 Å². The number of nitrogens with one attached hydrogen (secondary N) is 1. The number of hydrazone groups is 1. The molecule has 1 N–H and O–H groups in total. The maximum Gasteiger partial charge on any atom is 0.292 e. The average Bonchev–Trinajstić information content (AvgIpc) is 2.81. The van der Waals surface area contributed by atoms with E-state index in [9.17, 15) is 9.59 Å². The summed E-state index contributed by atoms with van der Waals surface area (Å²) in [5, 5.41) is 9.50. The summed E-state index contributed by atoms with van der Waals surface area (Å²) >= 11 is 0. The third-order valence-corrected chi connectivity index (χ3v) is 4.93. The quantitative estimate of drug-likeness (QED) is 0.444. The van der Waals surface area contributed by atoms with Gasteiger partial charge >= 0.3 is 0 Å². The SMILES string of the molecule is CCCCn1nc(C(=O)N/N=C(/C)c2cc(OC)ccc2OC)c2ccccc2c1=O. The first kappa shape index (κ1) is 22.0. The van der Waals surface area contributed by atoms with E-state index >= 15 is 0 Å². The molecule has 0 unspecified atom stereocenters. The molecule has 0 radical (unpaired) electrons. The first-order valence-electron chi connectivity index (χ1n) is 10.1. The number of ether oxygens (including phenoxy) is 2. The van der Waals surface area contributed by atoms with E-state index in [4.69, 9.17) is 9.47 Å². The fourth-order valence-corrected chi connectivity index (χ4v) is 3.21. The number of amides is 1. The number of carbonyl (C=O) groups is 1. The van der Waals surface area contributed by atoms with Crippen molar-refractivity contribution in [1.82, 2.24) is 15.2 Å². The highest BCUT2D eigenvalue weighted by Crippen LogP contribution is 2.24. The van der Waals surface area contributed by atoms with Crippen molar-refractivity contribution in [2.45, 2.75) is 33.2 Å². The minimum atomic E-state index is -0.498. The van der Waals surface area contributed by atoms with Gasteiger partial charge < -0.3 is 9.47 Å². The van der Waals surface area contributed by atoms with Crippen molar-refractivity contribution in [3.63, 3.8) is 0 Å². The van der Waals surface area contributed by atoms with Gasteiger partial charge in [0.1, 0.15) is 11.5 Å². The highest BCUT2D eigenvalue weighted by Gasteiger charge is 2.17. The molecule has 1 aromatic heterocycles. The van der Waals surface area contributed by atoms with Gasteiger partial charge in [-0.05, 0) is 37.6 Å². The van der Waals surface area contributed by atoms with Crippen molar-refractivity contribution in [2.24, 2.45) is 5.10 Å². The van der Waals surface area contributed by atoms with E-state index in [0.29, 0.717) is 40.1 Å². The molecule has 0 atom stereocenters. The predicted octanol–water partition coefficient (Wildman–Crippen LogP) is 3.37. The van der Waals surface area contributed by atoms with E-state index in [-0.39, 0.29) is 11.3 Å². The normalized spacial score (nSPS) is 11.4. The van der Waals surface area contributed by atoms with Crippen LogP contribution in [-0.2, 0) is 6.54 Å². The van der Waals surface area contributed by atoms with Crippen molar-refractivity contribution in [1.29, 1.82) is 0 Å². The maximum atomic E-state index is 13.0. The summed E-state index contributed by atoms with van der Waals surface area (Å²) in [5.41, 5.74) is 3.72. The highest BCUT2D eigenvalue weighted by molar-refractivity contribution is 6.06. The monoisotopic (exact) mass is 422 g/mol. The molecule has 0 aliphatic heterocycles. The molecule has 0 saturated heterocycles. The van der Waals surface area contributed by atoms with Crippen LogP contribution in [0.3, 0.4) is 0 Å². The molecule has 0 saturated carbocycles. The lowest BCUT2D eigenvalue weighted by Gasteiger charge is -2.11. The second-order valence-corrected chi connectivity index (χ2v) is 6.98. The summed E-state index contributed by atoms with van der Waals surface area (Å²) < 4.78 is 12.0. The number of hydrogen-bond acceptors (Lipinski definition) is 6. The van der Waals surface area contributed by atoms with Crippen molar-refractivity contribution in [2.75, 3.05) is 14.2 Å². The zero-order valence-electron chi connectivity index (χ0n) is 18.1. The van der Waals surface area contributed by atoms with Crippen molar-refractivity contribution >= 4 is 22.4 Å². The first-order valence-corrected chi connectivity index (χ1v) is 10.1. The number of unbranched alkanes of at least 4 members (excludes halogenated alkanes) is 1. The lowest BCUT2D eigenvalue weighted by Crippen LogP contribution is -2.29. The number of benzene rings is 2. The molecular weight excluding hydrogens is 396 g/mol. The van der Waals surface area contributed by atoms with E-state index in [1.807, 2.05) is 6.92 Å². The smallest absolute Gasteiger partial charge is 0.292 e. The van der Waals surface area contributed by atoms with E-state index in [1.54, 1.807) is 63.6 Å². The Morgan fingerprint density at radius 1 is 1.13 bits per heavy atom. The second-order valence-electron chi connectivity index (χ2n) is 6.98. The molecule has 8 nitrogen and oxygen atoms in total. The van der Waals surface area contributed by atoms with Gasteiger partial charge in [0.15, 0.2) is 5.69 Å². The third kappa shape index (κ3) is 4.74. The van der Waals surface area contributed by atoms with Crippen LogP contribution in [0.2, 0.25) is 0 Å². The van der Waals surface area contributed by atoms with Gasteiger partial charge in [-0.25, -0.2) is 10.1 Å². The van der Waals surface area contributed by atoms with Crippen LogP contribution in [0.5, 0.6) is 11.5 Å². The number of aryl methyl sites for hydroxylation is 1. The standard InChI is InChI=1S/C23H26N4O4/c1-5-6-13-27-23(29)18-10-8-7-9-17(18)21(26-27)22(28)25-24-15(2)19-14-16(30-3)11-12-20(19)31-4/h7-12,14H,5-6,13H2,1-4H3,(H,25,28)/b24-15-. The summed E-state index contributed by atoms with van der Waals surface area (Å²) in [6, 6.07) is 12.3. The lowest BCUT2D eigenvalue weighted by molar-refractivity contribution is 0.0949. The molecule has 8 heteroatoms. The van der Waals surface area contributed by atoms with Gasteiger partial charge in [-0.3, -0.25) is 9.59 Å². The maximum absolute atomic E-state index is 13.0. The number of carbonyl (C=O) groups excluding carboxylic acids is 1. The number of rotatable bonds is 8. The van der Waals surface area contributed by atoms with Crippen LogP contribution in [0, 0.1) is 0 Å². The summed E-state index contributed by atoms with van der Waals surface area (Å²) in [7, 11) is 3.14. The third-order valence-electron chi connectivity index (χ3n) is 4.93. The first-order chi connectivity index (χ1) is 15.0. The van der Waals surface area contributed by atoms with Crippen molar-refractivity contribution < 1.29 is 14.3 Å². The number of aromatic nitrogens is 2. The minimum absolute atomic E-state index is 0.153. The Balaban J connectivity index is 1.97. The van der Waals surface area contributed by atoms with Crippen molar-refractivity contribution in [3.05, 3.63) is 64.1 Å². The summed E-state index contributed by atoms with van der Waals surface area (Å²) in [6.07, 6.45) is 1.70. The van der Waals surface area contributed by atoms with Gasteiger partial charge in [0, 0.05) is 17.5 Å². The molecule has 1 heterocycles. The van der Waals surface area contributed by atoms with Crippen LogP contribution in [0.25, 0.3) is 10.8 Å². The summed E-state index contributed by atoms with van der Waals surface area (Å²) in [6.45, 7) is 4.24. The average molecular weight is 422 g/mol. The van der Waals surface area contributed by atoms with Gasteiger partial charge in [-0.2, -0.15) is 10.2 Å². The van der Waals surface area contributed by atoms with E-state index in [2.05, 4.69) is 15.6 Å². The number of hydrogen-bond donors (Lipinski definition) is 1. The molecule has 0 aliphatic rings. The number of fused-ring (bicyclic) bond motifs is 1. The van der Waals surface area contributed by atoms with Crippen LogP contribution in [0.1, 0.15) is 42.7 Å². The molecular formula is C23H26N4O4. The summed E-state index contributed by atoms with van der Waals surface area (Å²) in [4.78, 5) is 25.7. The summed E-state index contributed by atoms with van der Waals surface area (Å²) in [5.74, 6) is 0.753. The van der Waals surface area contributed by atoms with Crippen LogP contribution in [-0.4, -0.2) is 35.6 Å². The Morgan fingerprint density at radius 2 is 1.87 bits per heavy atom. The number of nitrogens with zero attached hydrogens (tertiary/aromatic N) is 3.